The topological polar surface area (TPSA) is 43.8 Å². The van der Waals surface area contributed by atoms with Gasteiger partial charge in [0.1, 0.15) is 11.5 Å². The summed E-state index contributed by atoms with van der Waals surface area (Å²) in [5, 5.41) is 4.35. The Morgan fingerprint density at radius 2 is 2.22 bits per heavy atom. The molecular formula is C13H15BrFN3. The highest BCUT2D eigenvalue weighted by atomic mass is 79.9. The first-order chi connectivity index (χ1) is 8.61. The first-order valence-corrected chi connectivity index (χ1v) is 6.69. The molecule has 0 aliphatic heterocycles. The smallest absolute Gasteiger partial charge is 0.132 e. The minimum atomic E-state index is -0.314. The van der Waals surface area contributed by atoms with E-state index in [0.717, 1.165) is 23.9 Å². The van der Waals surface area contributed by atoms with Crippen LogP contribution in [0.1, 0.15) is 19.8 Å². The van der Waals surface area contributed by atoms with Gasteiger partial charge in [-0.3, -0.25) is 4.68 Å². The normalized spacial score (nSPS) is 10.8. The summed E-state index contributed by atoms with van der Waals surface area (Å²) >= 11 is 3.32. The molecule has 1 aromatic carbocycles. The maximum Gasteiger partial charge on any atom is 0.132 e. The number of unbranched alkanes of at least 4 members (excludes halogenated alkanes) is 1. The lowest BCUT2D eigenvalue weighted by Gasteiger charge is -2.02. The van der Waals surface area contributed by atoms with Crippen LogP contribution in [-0.4, -0.2) is 9.78 Å². The molecule has 2 aromatic rings. The van der Waals surface area contributed by atoms with Crippen molar-refractivity contribution < 1.29 is 4.39 Å². The van der Waals surface area contributed by atoms with Crippen LogP contribution >= 0.6 is 15.9 Å². The molecule has 0 fully saturated rings. The van der Waals surface area contributed by atoms with Crippen molar-refractivity contribution in [2.45, 2.75) is 26.3 Å². The molecule has 1 heterocycles. The monoisotopic (exact) mass is 311 g/mol. The molecule has 0 aliphatic carbocycles. The third kappa shape index (κ3) is 2.72. The molecule has 0 saturated carbocycles. The lowest BCUT2D eigenvalue weighted by molar-refractivity contribution is 0.572. The van der Waals surface area contributed by atoms with Gasteiger partial charge in [0.25, 0.3) is 0 Å². The Labute approximate surface area is 114 Å². The Bertz CT molecular complexity index is 551. The molecule has 0 saturated heterocycles. The van der Waals surface area contributed by atoms with Gasteiger partial charge < -0.3 is 5.73 Å². The van der Waals surface area contributed by atoms with Crippen molar-refractivity contribution in [3.63, 3.8) is 0 Å². The molecule has 2 N–H and O–H groups in total. The predicted molar refractivity (Wildman–Crippen MR) is 74.6 cm³/mol. The fraction of sp³-hybridized carbons (Fsp3) is 0.308. The van der Waals surface area contributed by atoms with Gasteiger partial charge in [-0.05, 0) is 24.6 Å². The SMILES string of the molecule is CCCCn1cc(N)c(-c2cc(Br)ccc2F)n1. The third-order valence-corrected chi connectivity index (χ3v) is 3.21. The molecule has 96 valence electrons. The second-order valence-corrected chi connectivity index (χ2v) is 5.09. The molecule has 0 unspecified atom stereocenters. The summed E-state index contributed by atoms with van der Waals surface area (Å²) < 4.78 is 16.4. The number of rotatable bonds is 4. The van der Waals surface area contributed by atoms with Crippen LogP contribution in [0.25, 0.3) is 11.3 Å². The van der Waals surface area contributed by atoms with Crippen LogP contribution in [0, 0.1) is 5.82 Å². The number of nitrogens with two attached hydrogens (primary N) is 1. The molecular weight excluding hydrogens is 297 g/mol. The van der Waals surface area contributed by atoms with Gasteiger partial charge >= 0.3 is 0 Å². The Hall–Kier alpha value is -1.36. The summed E-state index contributed by atoms with van der Waals surface area (Å²) in [6.45, 7) is 2.91. The molecule has 0 amide bonds. The van der Waals surface area contributed by atoms with Crippen molar-refractivity contribution in [2.75, 3.05) is 5.73 Å². The highest BCUT2D eigenvalue weighted by molar-refractivity contribution is 9.10. The van der Waals surface area contributed by atoms with E-state index < -0.39 is 0 Å². The molecule has 2 rings (SSSR count). The van der Waals surface area contributed by atoms with E-state index in [1.165, 1.54) is 6.07 Å². The second kappa shape index (κ2) is 5.52. The fourth-order valence-electron chi connectivity index (χ4n) is 1.76. The number of anilines is 1. The zero-order valence-corrected chi connectivity index (χ0v) is 11.7. The molecule has 0 bridgehead atoms. The number of aryl methyl sites for hydroxylation is 1. The summed E-state index contributed by atoms with van der Waals surface area (Å²) in [5.41, 5.74) is 7.33. The van der Waals surface area contributed by atoms with E-state index in [9.17, 15) is 4.39 Å². The van der Waals surface area contributed by atoms with Gasteiger partial charge in [-0.2, -0.15) is 5.10 Å². The number of nitrogen functional groups attached to an aromatic ring is 1. The first-order valence-electron chi connectivity index (χ1n) is 5.90. The summed E-state index contributed by atoms with van der Waals surface area (Å²) in [6, 6.07) is 4.76. The quantitative estimate of drug-likeness (QED) is 0.932. The van der Waals surface area contributed by atoms with E-state index in [1.807, 2.05) is 0 Å². The maximum absolute atomic E-state index is 13.8. The maximum atomic E-state index is 13.8. The largest absolute Gasteiger partial charge is 0.396 e. The highest BCUT2D eigenvalue weighted by Gasteiger charge is 2.13. The number of benzene rings is 1. The van der Waals surface area contributed by atoms with Crippen LogP contribution in [0.2, 0.25) is 0 Å². The fourth-order valence-corrected chi connectivity index (χ4v) is 2.12. The molecule has 0 atom stereocenters. The summed E-state index contributed by atoms with van der Waals surface area (Å²) in [5.74, 6) is -0.314. The predicted octanol–water partition coefficient (Wildman–Crippen LogP) is 3.83. The van der Waals surface area contributed by atoms with E-state index >= 15 is 0 Å². The number of hydrogen-bond acceptors (Lipinski definition) is 2. The third-order valence-electron chi connectivity index (χ3n) is 2.71. The van der Waals surface area contributed by atoms with Gasteiger partial charge in [-0.15, -0.1) is 0 Å². The Balaban J connectivity index is 2.38. The van der Waals surface area contributed by atoms with Crippen molar-refractivity contribution in [1.29, 1.82) is 0 Å². The number of halogens is 2. The first kappa shape index (κ1) is 13.1. The van der Waals surface area contributed by atoms with Crippen LogP contribution in [0.15, 0.2) is 28.9 Å². The van der Waals surface area contributed by atoms with Gasteiger partial charge in [0.2, 0.25) is 0 Å². The van der Waals surface area contributed by atoms with Gasteiger partial charge in [0, 0.05) is 22.8 Å². The van der Waals surface area contributed by atoms with Crippen LogP contribution in [0.3, 0.4) is 0 Å². The average Bonchev–Trinajstić information content (AvgIpc) is 2.71. The van der Waals surface area contributed by atoms with Gasteiger partial charge in [-0.25, -0.2) is 4.39 Å². The number of nitrogens with zero attached hydrogens (tertiary/aromatic N) is 2. The van der Waals surface area contributed by atoms with Crippen molar-refractivity contribution in [3.05, 3.63) is 34.7 Å². The zero-order valence-electron chi connectivity index (χ0n) is 10.2. The number of aromatic nitrogens is 2. The Morgan fingerprint density at radius 1 is 1.44 bits per heavy atom. The molecule has 18 heavy (non-hydrogen) atoms. The molecule has 5 heteroatoms. The molecule has 0 spiro atoms. The number of hydrogen-bond donors (Lipinski definition) is 1. The molecule has 0 radical (unpaired) electrons. The van der Waals surface area contributed by atoms with Gasteiger partial charge in [-0.1, -0.05) is 29.3 Å². The standard InChI is InChI=1S/C13H15BrFN3/c1-2-3-6-18-8-12(16)13(17-18)10-7-9(14)4-5-11(10)15/h4-5,7-8H,2-3,6,16H2,1H3. The zero-order chi connectivity index (χ0) is 13.1. The average molecular weight is 312 g/mol. The lowest BCUT2D eigenvalue weighted by atomic mass is 10.1. The van der Waals surface area contributed by atoms with Crippen LogP contribution < -0.4 is 5.73 Å². The molecule has 0 aliphatic rings. The van der Waals surface area contributed by atoms with E-state index in [1.54, 1.807) is 23.0 Å². The van der Waals surface area contributed by atoms with Crippen molar-refractivity contribution in [3.8, 4) is 11.3 Å². The minimum Gasteiger partial charge on any atom is -0.396 e. The Kier molecular flexibility index (Phi) is 4.01. The van der Waals surface area contributed by atoms with E-state index in [-0.39, 0.29) is 5.82 Å². The molecule has 1 aromatic heterocycles. The second-order valence-electron chi connectivity index (χ2n) is 4.17. The van der Waals surface area contributed by atoms with Gasteiger partial charge in [0.05, 0.1) is 5.69 Å². The van der Waals surface area contributed by atoms with Crippen LogP contribution in [0.4, 0.5) is 10.1 Å². The van der Waals surface area contributed by atoms with E-state index in [2.05, 4.69) is 28.0 Å². The van der Waals surface area contributed by atoms with Crippen molar-refractivity contribution in [2.24, 2.45) is 0 Å². The van der Waals surface area contributed by atoms with E-state index in [4.69, 9.17) is 5.73 Å². The minimum absolute atomic E-state index is 0.314. The van der Waals surface area contributed by atoms with Gasteiger partial charge in [0.15, 0.2) is 0 Å². The molecule has 3 nitrogen and oxygen atoms in total. The summed E-state index contributed by atoms with van der Waals surface area (Å²) in [4.78, 5) is 0. The Morgan fingerprint density at radius 3 is 2.94 bits per heavy atom. The summed E-state index contributed by atoms with van der Waals surface area (Å²) in [7, 11) is 0. The van der Waals surface area contributed by atoms with E-state index in [0.29, 0.717) is 16.9 Å². The van der Waals surface area contributed by atoms with Crippen molar-refractivity contribution >= 4 is 21.6 Å². The van der Waals surface area contributed by atoms with Crippen LogP contribution in [-0.2, 0) is 6.54 Å². The van der Waals surface area contributed by atoms with Crippen LogP contribution in [0.5, 0.6) is 0 Å². The summed E-state index contributed by atoms with van der Waals surface area (Å²) in [6.07, 6.45) is 3.87. The van der Waals surface area contributed by atoms with Crippen molar-refractivity contribution in [1.82, 2.24) is 9.78 Å². The highest BCUT2D eigenvalue weighted by Crippen LogP contribution is 2.29. The lowest BCUT2D eigenvalue weighted by Crippen LogP contribution is -1.98.